The third-order valence-corrected chi connectivity index (χ3v) is 6.02. The summed E-state index contributed by atoms with van der Waals surface area (Å²) in [5.41, 5.74) is 3.82. The van der Waals surface area contributed by atoms with Crippen LogP contribution in [0.15, 0.2) is 71.2 Å². The van der Waals surface area contributed by atoms with Gasteiger partial charge in [-0.05, 0) is 64.9 Å². The van der Waals surface area contributed by atoms with Gasteiger partial charge < -0.3 is 15.4 Å². The van der Waals surface area contributed by atoms with Gasteiger partial charge in [0.15, 0.2) is 6.61 Å². The summed E-state index contributed by atoms with van der Waals surface area (Å²) in [4.78, 5) is 25.2. The van der Waals surface area contributed by atoms with Crippen molar-refractivity contribution in [3.8, 4) is 5.75 Å². The van der Waals surface area contributed by atoms with Gasteiger partial charge >= 0.3 is 0 Å². The lowest BCUT2D eigenvalue weighted by Crippen LogP contribution is -2.22. The van der Waals surface area contributed by atoms with Gasteiger partial charge in [-0.15, -0.1) is 0 Å². The molecule has 35 heavy (non-hydrogen) atoms. The quantitative estimate of drug-likeness (QED) is 0.346. The van der Waals surface area contributed by atoms with Crippen molar-refractivity contribution in [3.63, 3.8) is 0 Å². The van der Waals surface area contributed by atoms with Crippen LogP contribution in [-0.4, -0.2) is 18.4 Å². The largest absolute Gasteiger partial charge is 0.483 e. The standard InChI is InChI=1S/C29H33BrN2O3/c1-28(2,3)20-12-10-19(11-13-20)27(34)32-23-9-7-8-22(17-23)31-26(33)18-35-25-15-14-21(30)16-24(25)29(4,5)6/h7-17H,18H2,1-6H3,(H,31,33)(H,32,34). The molecule has 3 rings (SSSR count). The highest BCUT2D eigenvalue weighted by atomic mass is 79.9. The van der Waals surface area contributed by atoms with Gasteiger partial charge in [0.05, 0.1) is 0 Å². The first-order chi connectivity index (χ1) is 16.3. The number of hydrogen-bond acceptors (Lipinski definition) is 3. The van der Waals surface area contributed by atoms with E-state index in [1.54, 1.807) is 24.3 Å². The van der Waals surface area contributed by atoms with Crippen LogP contribution in [0.3, 0.4) is 0 Å². The van der Waals surface area contributed by atoms with Crippen molar-refractivity contribution in [3.05, 3.63) is 87.9 Å². The Kier molecular flexibility index (Phi) is 8.06. The molecule has 3 aromatic rings. The van der Waals surface area contributed by atoms with Gasteiger partial charge in [0.1, 0.15) is 5.75 Å². The summed E-state index contributed by atoms with van der Waals surface area (Å²) in [5, 5.41) is 5.73. The molecule has 0 bridgehead atoms. The fourth-order valence-electron chi connectivity index (χ4n) is 3.55. The first kappa shape index (κ1) is 26.5. The summed E-state index contributed by atoms with van der Waals surface area (Å²) in [6.45, 7) is 12.6. The Morgan fingerprint density at radius 3 is 2.03 bits per heavy atom. The maximum Gasteiger partial charge on any atom is 0.262 e. The molecule has 5 nitrogen and oxygen atoms in total. The molecule has 0 aliphatic carbocycles. The Morgan fingerprint density at radius 1 is 0.800 bits per heavy atom. The zero-order valence-corrected chi connectivity index (χ0v) is 22.7. The van der Waals surface area contributed by atoms with E-state index in [1.165, 1.54) is 5.56 Å². The summed E-state index contributed by atoms with van der Waals surface area (Å²) in [5.74, 6) is 0.186. The molecule has 0 saturated heterocycles. The van der Waals surface area contributed by atoms with Crippen molar-refractivity contribution < 1.29 is 14.3 Å². The minimum atomic E-state index is -0.283. The normalized spacial score (nSPS) is 11.6. The fourth-order valence-corrected chi connectivity index (χ4v) is 3.92. The van der Waals surface area contributed by atoms with E-state index in [-0.39, 0.29) is 29.3 Å². The van der Waals surface area contributed by atoms with E-state index in [0.29, 0.717) is 22.7 Å². The second-order valence-electron chi connectivity index (χ2n) is 10.6. The molecule has 3 aromatic carbocycles. The molecule has 0 radical (unpaired) electrons. The van der Waals surface area contributed by atoms with Crippen LogP contribution < -0.4 is 15.4 Å². The lowest BCUT2D eigenvalue weighted by Gasteiger charge is -2.23. The van der Waals surface area contributed by atoms with Gasteiger partial charge in [-0.3, -0.25) is 9.59 Å². The third kappa shape index (κ3) is 7.43. The van der Waals surface area contributed by atoms with E-state index in [0.717, 1.165) is 10.0 Å². The first-order valence-electron chi connectivity index (χ1n) is 11.6. The average Bonchev–Trinajstić information content (AvgIpc) is 2.77. The van der Waals surface area contributed by atoms with E-state index in [4.69, 9.17) is 4.74 Å². The lowest BCUT2D eigenvalue weighted by molar-refractivity contribution is -0.118. The van der Waals surface area contributed by atoms with Gasteiger partial charge in [0.25, 0.3) is 11.8 Å². The molecule has 0 aromatic heterocycles. The molecule has 0 fully saturated rings. The molecule has 0 spiro atoms. The smallest absolute Gasteiger partial charge is 0.262 e. The van der Waals surface area contributed by atoms with Crippen LogP contribution in [0.1, 0.15) is 63.0 Å². The number of hydrogen-bond donors (Lipinski definition) is 2. The lowest BCUT2D eigenvalue weighted by atomic mass is 9.86. The number of anilines is 2. The van der Waals surface area contributed by atoms with Crippen LogP contribution in [-0.2, 0) is 15.6 Å². The molecular formula is C29H33BrN2O3. The Hall–Kier alpha value is -3.12. The average molecular weight is 537 g/mol. The SMILES string of the molecule is CC(C)(C)c1ccc(C(=O)Nc2cccc(NC(=O)COc3ccc(Br)cc3C(C)(C)C)c2)cc1. The topological polar surface area (TPSA) is 67.4 Å². The molecule has 0 heterocycles. The monoisotopic (exact) mass is 536 g/mol. The van der Waals surface area contributed by atoms with E-state index >= 15 is 0 Å². The highest BCUT2D eigenvalue weighted by molar-refractivity contribution is 9.10. The minimum Gasteiger partial charge on any atom is -0.483 e. The highest BCUT2D eigenvalue weighted by Crippen LogP contribution is 2.33. The molecule has 0 unspecified atom stereocenters. The summed E-state index contributed by atoms with van der Waals surface area (Å²) < 4.78 is 6.80. The molecule has 2 N–H and O–H groups in total. The van der Waals surface area contributed by atoms with E-state index in [1.807, 2.05) is 42.5 Å². The summed E-state index contributed by atoms with van der Waals surface area (Å²) in [6.07, 6.45) is 0. The Labute approximate surface area is 216 Å². The summed E-state index contributed by atoms with van der Waals surface area (Å²) in [6, 6.07) is 20.4. The zero-order chi connectivity index (χ0) is 25.8. The molecule has 0 atom stereocenters. The van der Waals surface area contributed by atoms with Gasteiger partial charge in [-0.2, -0.15) is 0 Å². The Balaban J connectivity index is 1.61. The van der Waals surface area contributed by atoms with Gasteiger partial charge in [0, 0.05) is 27.0 Å². The number of amides is 2. The predicted molar refractivity (Wildman–Crippen MR) is 147 cm³/mol. The van der Waals surface area contributed by atoms with Crippen LogP contribution in [0.4, 0.5) is 11.4 Å². The number of nitrogens with one attached hydrogen (secondary N) is 2. The fraction of sp³-hybridized carbons (Fsp3) is 0.310. The zero-order valence-electron chi connectivity index (χ0n) is 21.2. The number of carbonyl (C=O) groups excluding carboxylic acids is 2. The second-order valence-corrected chi connectivity index (χ2v) is 11.5. The first-order valence-corrected chi connectivity index (χ1v) is 12.4. The maximum atomic E-state index is 12.7. The van der Waals surface area contributed by atoms with Crippen molar-refractivity contribution in [2.24, 2.45) is 0 Å². The van der Waals surface area contributed by atoms with Crippen LogP contribution in [0.5, 0.6) is 5.75 Å². The number of benzene rings is 3. The maximum absolute atomic E-state index is 12.7. The van der Waals surface area contributed by atoms with E-state index in [2.05, 4.69) is 68.1 Å². The van der Waals surface area contributed by atoms with Gasteiger partial charge in [-0.25, -0.2) is 0 Å². The Morgan fingerprint density at radius 2 is 1.43 bits per heavy atom. The number of halogens is 1. The van der Waals surface area contributed by atoms with Crippen molar-refractivity contribution in [2.75, 3.05) is 17.2 Å². The predicted octanol–water partition coefficient (Wildman–Crippen LogP) is 7.31. The van der Waals surface area contributed by atoms with Crippen LogP contribution >= 0.6 is 15.9 Å². The molecule has 0 saturated carbocycles. The highest BCUT2D eigenvalue weighted by Gasteiger charge is 2.20. The molecule has 6 heteroatoms. The molecule has 184 valence electrons. The summed E-state index contributed by atoms with van der Waals surface area (Å²) >= 11 is 3.50. The molecule has 0 aliphatic rings. The van der Waals surface area contributed by atoms with E-state index < -0.39 is 0 Å². The number of carbonyl (C=O) groups is 2. The van der Waals surface area contributed by atoms with Crippen LogP contribution in [0, 0.1) is 0 Å². The van der Waals surface area contributed by atoms with Crippen molar-refractivity contribution in [2.45, 2.75) is 52.4 Å². The number of ether oxygens (including phenoxy) is 1. The van der Waals surface area contributed by atoms with E-state index in [9.17, 15) is 9.59 Å². The number of rotatable bonds is 6. The van der Waals surface area contributed by atoms with Crippen LogP contribution in [0.2, 0.25) is 0 Å². The van der Waals surface area contributed by atoms with Crippen molar-refractivity contribution in [1.29, 1.82) is 0 Å². The van der Waals surface area contributed by atoms with Gasteiger partial charge in [-0.1, -0.05) is 75.7 Å². The second kappa shape index (κ2) is 10.6. The molecule has 2 amide bonds. The minimum absolute atomic E-state index is 0.0247. The van der Waals surface area contributed by atoms with Crippen LogP contribution in [0.25, 0.3) is 0 Å². The summed E-state index contributed by atoms with van der Waals surface area (Å²) in [7, 11) is 0. The molecule has 0 aliphatic heterocycles. The Bertz CT molecular complexity index is 1210. The van der Waals surface area contributed by atoms with Crippen molar-refractivity contribution in [1.82, 2.24) is 0 Å². The van der Waals surface area contributed by atoms with Gasteiger partial charge in [0.2, 0.25) is 0 Å². The third-order valence-electron chi connectivity index (χ3n) is 5.53. The van der Waals surface area contributed by atoms with Crippen molar-refractivity contribution >= 4 is 39.1 Å². The molecular weight excluding hydrogens is 504 g/mol.